The van der Waals surface area contributed by atoms with Gasteiger partial charge in [0.25, 0.3) is 0 Å². The Morgan fingerprint density at radius 2 is 2.29 bits per heavy atom. The van der Waals surface area contributed by atoms with E-state index in [0.717, 1.165) is 28.6 Å². The van der Waals surface area contributed by atoms with Crippen molar-refractivity contribution < 1.29 is 0 Å². The summed E-state index contributed by atoms with van der Waals surface area (Å²) < 4.78 is 0. The van der Waals surface area contributed by atoms with Crippen LogP contribution < -0.4 is 5.32 Å². The number of hydrogen-bond donors (Lipinski definition) is 1. The second-order valence-electron chi connectivity index (χ2n) is 3.03. The Morgan fingerprint density at radius 3 is 2.86 bits per heavy atom. The monoisotopic (exact) mass is 231 g/mol. The van der Waals surface area contributed by atoms with E-state index in [1.54, 1.807) is 11.3 Å². The highest BCUT2D eigenvalue weighted by atomic mass is 32.2. The lowest BCUT2D eigenvalue weighted by Crippen LogP contribution is -2.14. The van der Waals surface area contributed by atoms with E-state index in [1.165, 1.54) is 0 Å². The summed E-state index contributed by atoms with van der Waals surface area (Å²) in [5.74, 6) is 1.13. The van der Waals surface area contributed by atoms with Crippen molar-refractivity contribution in [3.8, 4) is 0 Å². The molecule has 0 aliphatic heterocycles. The molecule has 0 saturated heterocycles. The van der Waals surface area contributed by atoms with Crippen molar-refractivity contribution in [1.82, 2.24) is 15.5 Å². The largest absolute Gasteiger partial charge is 0.311 e. The molecule has 0 radical (unpaired) electrons. The van der Waals surface area contributed by atoms with Crippen LogP contribution in [0, 0.1) is 0 Å². The Bertz CT molecular complexity index is 258. The highest BCUT2D eigenvalue weighted by Crippen LogP contribution is 2.20. The SMILES string of the molecule is CCC(NC)c1nnc(CCSC)s1. The van der Waals surface area contributed by atoms with Gasteiger partial charge in [-0.1, -0.05) is 18.3 Å². The van der Waals surface area contributed by atoms with Gasteiger partial charge < -0.3 is 5.32 Å². The van der Waals surface area contributed by atoms with Crippen molar-refractivity contribution >= 4 is 23.1 Å². The molecule has 0 bridgehead atoms. The number of rotatable bonds is 6. The van der Waals surface area contributed by atoms with Gasteiger partial charge in [-0.05, 0) is 25.5 Å². The zero-order chi connectivity index (χ0) is 10.4. The molecule has 80 valence electrons. The molecule has 0 fully saturated rings. The van der Waals surface area contributed by atoms with Crippen molar-refractivity contribution in [2.24, 2.45) is 0 Å². The molecule has 0 spiro atoms. The average Bonchev–Trinajstić information content (AvgIpc) is 2.65. The predicted molar refractivity (Wildman–Crippen MR) is 64.1 cm³/mol. The molecule has 3 nitrogen and oxygen atoms in total. The van der Waals surface area contributed by atoms with Gasteiger partial charge in [0.05, 0.1) is 6.04 Å². The fourth-order valence-corrected chi connectivity index (χ4v) is 2.76. The van der Waals surface area contributed by atoms with Gasteiger partial charge >= 0.3 is 0 Å². The van der Waals surface area contributed by atoms with Crippen LogP contribution in [0.5, 0.6) is 0 Å². The van der Waals surface area contributed by atoms with Crippen LogP contribution in [0.2, 0.25) is 0 Å². The summed E-state index contributed by atoms with van der Waals surface area (Å²) in [4.78, 5) is 0. The van der Waals surface area contributed by atoms with Crippen LogP contribution in [0.4, 0.5) is 0 Å². The third-order valence-corrected chi connectivity index (χ3v) is 3.77. The standard InChI is InChI=1S/C9H17N3S2/c1-4-7(10-2)9-12-11-8(14-9)5-6-13-3/h7,10H,4-6H2,1-3H3. The fourth-order valence-electron chi connectivity index (χ4n) is 1.20. The third-order valence-electron chi connectivity index (χ3n) is 2.06. The molecule has 1 heterocycles. The third kappa shape index (κ3) is 3.22. The van der Waals surface area contributed by atoms with E-state index in [4.69, 9.17) is 0 Å². The smallest absolute Gasteiger partial charge is 0.134 e. The van der Waals surface area contributed by atoms with E-state index in [2.05, 4.69) is 28.7 Å². The van der Waals surface area contributed by atoms with Crippen molar-refractivity contribution in [3.63, 3.8) is 0 Å². The van der Waals surface area contributed by atoms with Gasteiger partial charge in [-0.25, -0.2) is 0 Å². The minimum absolute atomic E-state index is 0.371. The lowest BCUT2D eigenvalue weighted by atomic mass is 10.2. The first kappa shape index (κ1) is 11.9. The number of aryl methyl sites for hydroxylation is 1. The molecule has 0 amide bonds. The van der Waals surface area contributed by atoms with Crippen LogP contribution in [0.25, 0.3) is 0 Å². The number of nitrogens with one attached hydrogen (secondary N) is 1. The first-order chi connectivity index (χ1) is 6.81. The van der Waals surface area contributed by atoms with Crippen LogP contribution >= 0.6 is 23.1 Å². The van der Waals surface area contributed by atoms with Gasteiger partial charge in [-0.15, -0.1) is 10.2 Å². The number of hydrogen-bond acceptors (Lipinski definition) is 5. The van der Waals surface area contributed by atoms with Crippen molar-refractivity contribution in [3.05, 3.63) is 10.0 Å². The van der Waals surface area contributed by atoms with Crippen LogP contribution in [0.15, 0.2) is 0 Å². The summed E-state index contributed by atoms with van der Waals surface area (Å²) in [6.45, 7) is 2.16. The second-order valence-corrected chi connectivity index (χ2v) is 5.11. The molecule has 1 rings (SSSR count). The average molecular weight is 231 g/mol. The van der Waals surface area contributed by atoms with E-state index in [0.29, 0.717) is 6.04 Å². The lowest BCUT2D eigenvalue weighted by molar-refractivity contribution is 0.568. The molecule has 14 heavy (non-hydrogen) atoms. The van der Waals surface area contributed by atoms with Gasteiger partial charge in [-0.2, -0.15) is 11.8 Å². The Morgan fingerprint density at radius 1 is 1.50 bits per heavy atom. The first-order valence-electron chi connectivity index (χ1n) is 4.80. The normalized spacial score (nSPS) is 13.1. The maximum absolute atomic E-state index is 4.21. The van der Waals surface area contributed by atoms with E-state index >= 15 is 0 Å². The maximum Gasteiger partial charge on any atom is 0.134 e. The molecule has 0 saturated carbocycles. The minimum Gasteiger partial charge on any atom is -0.311 e. The molecular formula is C9H17N3S2. The molecular weight excluding hydrogens is 214 g/mol. The molecule has 0 aliphatic carbocycles. The number of aromatic nitrogens is 2. The highest BCUT2D eigenvalue weighted by Gasteiger charge is 2.12. The molecule has 1 unspecified atom stereocenters. The summed E-state index contributed by atoms with van der Waals surface area (Å²) in [5.41, 5.74) is 0. The Balaban J connectivity index is 2.57. The van der Waals surface area contributed by atoms with E-state index in [9.17, 15) is 0 Å². The topological polar surface area (TPSA) is 37.8 Å². The lowest BCUT2D eigenvalue weighted by Gasteiger charge is -2.07. The summed E-state index contributed by atoms with van der Waals surface area (Å²) in [6, 6.07) is 0.371. The van der Waals surface area contributed by atoms with Crippen molar-refractivity contribution in [1.29, 1.82) is 0 Å². The quantitative estimate of drug-likeness (QED) is 0.814. The number of thioether (sulfide) groups is 1. The van der Waals surface area contributed by atoms with E-state index < -0.39 is 0 Å². The van der Waals surface area contributed by atoms with Crippen LogP contribution in [-0.4, -0.2) is 29.3 Å². The summed E-state index contributed by atoms with van der Waals surface area (Å²) in [7, 11) is 1.97. The van der Waals surface area contributed by atoms with Crippen molar-refractivity contribution in [2.75, 3.05) is 19.1 Å². The first-order valence-corrected chi connectivity index (χ1v) is 7.01. The highest BCUT2D eigenvalue weighted by molar-refractivity contribution is 7.98. The molecule has 5 heteroatoms. The van der Waals surface area contributed by atoms with Crippen molar-refractivity contribution in [2.45, 2.75) is 25.8 Å². The van der Waals surface area contributed by atoms with Crippen LogP contribution in [-0.2, 0) is 6.42 Å². The zero-order valence-electron chi connectivity index (χ0n) is 8.91. The fraction of sp³-hybridized carbons (Fsp3) is 0.778. The number of nitrogens with zero attached hydrogens (tertiary/aromatic N) is 2. The van der Waals surface area contributed by atoms with Gasteiger partial charge in [0.1, 0.15) is 10.0 Å². The van der Waals surface area contributed by atoms with Crippen LogP contribution in [0.3, 0.4) is 0 Å². The van der Waals surface area contributed by atoms with Gasteiger partial charge in [0.2, 0.25) is 0 Å². The molecule has 0 aromatic carbocycles. The zero-order valence-corrected chi connectivity index (χ0v) is 10.5. The summed E-state index contributed by atoms with van der Waals surface area (Å²) in [5, 5.41) is 13.9. The summed E-state index contributed by atoms with van der Waals surface area (Å²) >= 11 is 3.58. The molecule has 0 aliphatic rings. The van der Waals surface area contributed by atoms with Crippen LogP contribution in [0.1, 0.15) is 29.4 Å². The second kappa shape index (κ2) is 6.37. The predicted octanol–water partition coefficient (Wildman–Crippen LogP) is 2.11. The Labute approximate surface area is 93.7 Å². The molecule has 1 aromatic heterocycles. The maximum atomic E-state index is 4.21. The molecule has 1 atom stereocenters. The minimum atomic E-state index is 0.371. The Hall–Kier alpha value is -0.130. The van der Waals surface area contributed by atoms with Gasteiger partial charge in [0.15, 0.2) is 0 Å². The summed E-state index contributed by atoms with van der Waals surface area (Å²) in [6.07, 6.45) is 4.22. The molecule has 1 aromatic rings. The Kier molecular flexibility index (Phi) is 5.44. The van der Waals surface area contributed by atoms with E-state index in [1.807, 2.05) is 18.8 Å². The van der Waals surface area contributed by atoms with E-state index in [-0.39, 0.29) is 0 Å². The van der Waals surface area contributed by atoms with Gasteiger partial charge in [0, 0.05) is 6.42 Å². The molecule has 1 N–H and O–H groups in total. The van der Waals surface area contributed by atoms with Gasteiger partial charge in [-0.3, -0.25) is 0 Å².